The molecule has 152 valence electrons. The van der Waals surface area contributed by atoms with Gasteiger partial charge in [-0.3, -0.25) is 14.7 Å². The first-order valence-electron chi connectivity index (χ1n) is 8.79. The summed E-state index contributed by atoms with van der Waals surface area (Å²) in [5.74, 6) is 0.329. The molecule has 4 rings (SSSR count). The van der Waals surface area contributed by atoms with Gasteiger partial charge in [0.25, 0.3) is 5.91 Å². The Morgan fingerprint density at radius 3 is 2.50 bits per heavy atom. The number of imide groups is 1. The number of carbonyl (C=O) groups is 2. The van der Waals surface area contributed by atoms with Crippen LogP contribution in [0, 0.1) is 0 Å². The second kappa shape index (κ2) is 7.58. The molecule has 1 aromatic carbocycles. The van der Waals surface area contributed by atoms with Gasteiger partial charge < -0.3 is 9.73 Å². The number of carbonyl (C=O) groups excluding carboxylic acids is 2. The normalized spacial score (nSPS) is 15.6. The summed E-state index contributed by atoms with van der Waals surface area (Å²) < 4.78 is 28.4. The van der Waals surface area contributed by atoms with Crippen LogP contribution >= 0.6 is 0 Å². The third-order valence-corrected chi connectivity index (χ3v) is 5.32. The maximum atomic E-state index is 12.6. The van der Waals surface area contributed by atoms with E-state index in [1.165, 1.54) is 18.2 Å². The third-order valence-electron chi connectivity index (χ3n) is 4.39. The number of nitrogens with one attached hydrogen (secondary N) is 1. The quantitative estimate of drug-likeness (QED) is 0.475. The molecule has 0 unspecified atom stereocenters. The molecule has 0 aliphatic carbocycles. The Hall–Kier alpha value is -3.76. The molecule has 3 heterocycles. The number of furan rings is 1. The Morgan fingerprint density at radius 1 is 1.07 bits per heavy atom. The summed E-state index contributed by atoms with van der Waals surface area (Å²) in [7, 11) is -3.78. The maximum absolute atomic E-state index is 12.6. The predicted molar refractivity (Wildman–Crippen MR) is 107 cm³/mol. The average molecular weight is 424 g/mol. The van der Waals surface area contributed by atoms with Crippen molar-refractivity contribution in [1.29, 1.82) is 0 Å². The minimum absolute atomic E-state index is 0.00703. The number of aromatic nitrogens is 1. The number of pyridine rings is 1. The Morgan fingerprint density at radius 2 is 1.83 bits per heavy atom. The van der Waals surface area contributed by atoms with Crippen molar-refractivity contribution < 1.29 is 22.4 Å². The van der Waals surface area contributed by atoms with Crippen LogP contribution in [-0.2, 0) is 21.4 Å². The van der Waals surface area contributed by atoms with E-state index < -0.39 is 22.0 Å². The second-order valence-corrected chi connectivity index (χ2v) is 8.03. The Balaban J connectivity index is 1.53. The second-order valence-electron chi connectivity index (χ2n) is 6.47. The lowest BCUT2D eigenvalue weighted by Gasteiger charge is -2.10. The lowest BCUT2D eigenvalue weighted by Crippen LogP contribution is -2.30. The van der Waals surface area contributed by atoms with E-state index in [1.54, 1.807) is 48.7 Å². The van der Waals surface area contributed by atoms with Crippen LogP contribution in [-0.4, -0.2) is 30.2 Å². The number of rotatable bonds is 5. The zero-order valence-corrected chi connectivity index (χ0v) is 16.3. The van der Waals surface area contributed by atoms with Crippen LogP contribution in [0.1, 0.15) is 11.5 Å². The van der Waals surface area contributed by atoms with E-state index >= 15 is 0 Å². The van der Waals surface area contributed by atoms with Crippen LogP contribution in [0.15, 0.2) is 75.8 Å². The highest BCUT2D eigenvalue weighted by Gasteiger charge is 2.34. The van der Waals surface area contributed by atoms with Gasteiger partial charge in [-0.05, 0) is 48.5 Å². The molecule has 0 spiro atoms. The molecular weight excluding hydrogens is 408 g/mol. The summed E-state index contributed by atoms with van der Waals surface area (Å²) in [6, 6.07) is 13.9. The van der Waals surface area contributed by atoms with E-state index in [1.807, 2.05) is 0 Å². The summed E-state index contributed by atoms with van der Waals surface area (Å²) in [6.45, 7) is 0.0582. The number of benzene rings is 1. The molecular formula is C20H16N4O5S. The molecule has 0 saturated carbocycles. The smallest absolute Gasteiger partial charge is 0.329 e. The maximum Gasteiger partial charge on any atom is 0.329 e. The molecule has 2 aromatic heterocycles. The van der Waals surface area contributed by atoms with Crippen molar-refractivity contribution in [2.75, 3.05) is 0 Å². The summed E-state index contributed by atoms with van der Waals surface area (Å²) in [5, 5.41) is 7.62. The molecule has 9 nitrogen and oxygen atoms in total. The van der Waals surface area contributed by atoms with Gasteiger partial charge in [0.1, 0.15) is 17.2 Å². The summed E-state index contributed by atoms with van der Waals surface area (Å²) in [4.78, 5) is 29.9. The van der Waals surface area contributed by atoms with Crippen molar-refractivity contribution in [1.82, 2.24) is 15.2 Å². The van der Waals surface area contributed by atoms with E-state index in [0.717, 1.165) is 4.90 Å². The molecule has 1 aliphatic rings. The van der Waals surface area contributed by atoms with Gasteiger partial charge in [0.2, 0.25) is 10.0 Å². The third kappa shape index (κ3) is 4.00. The van der Waals surface area contributed by atoms with E-state index in [2.05, 4.69) is 10.3 Å². The first kappa shape index (κ1) is 19.6. The monoisotopic (exact) mass is 424 g/mol. The van der Waals surface area contributed by atoms with E-state index in [0.29, 0.717) is 22.8 Å². The number of sulfonamides is 1. The highest BCUT2D eigenvalue weighted by molar-refractivity contribution is 7.89. The number of primary sulfonamides is 1. The van der Waals surface area contributed by atoms with E-state index in [9.17, 15) is 18.0 Å². The largest absolute Gasteiger partial charge is 0.457 e. The molecule has 10 heteroatoms. The molecule has 3 N–H and O–H groups in total. The molecule has 0 radical (unpaired) electrons. The van der Waals surface area contributed by atoms with E-state index in [4.69, 9.17) is 9.56 Å². The van der Waals surface area contributed by atoms with Gasteiger partial charge in [-0.25, -0.2) is 18.4 Å². The highest BCUT2D eigenvalue weighted by Crippen LogP contribution is 2.25. The van der Waals surface area contributed by atoms with Gasteiger partial charge in [0.05, 0.1) is 17.1 Å². The van der Waals surface area contributed by atoms with Crippen LogP contribution < -0.4 is 10.5 Å². The first-order chi connectivity index (χ1) is 14.3. The van der Waals surface area contributed by atoms with Crippen LogP contribution in [0.5, 0.6) is 0 Å². The fourth-order valence-electron chi connectivity index (χ4n) is 2.91. The Bertz CT molecular complexity index is 1250. The van der Waals surface area contributed by atoms with Crippen LogP contribution in [0.25, 0.3) is 17.4 Å². The summed E-state index contributed by atoms with van der Waals surface area (Å²) >= 11 is 0. The molecule has 3 aromatic rings. The molecule has 30 heavy (non-hydrogen) atoms. The summed E-state index contributed by atoms with van der Waals surface area (Å²) in [5.41, 5.74) is 1.30. The summed E-state index contributed by atoms with van der Waals surface area (Å²) in [6.07, 6.45) is 3.02. The predicted octanol–water partition coefficient (Wildman–Crippen LogP) is 2.08. The van der Waals surface area contributed by atoms with Gasteiger partial charge >= 0.3 is 6.03 Å². The van der Waals surface area contributed by atoms with Crippen molar-refractivity contribution in [2.45, 2.75) is 11.4 Å². The number of urea groups is 1. The molecule has 3 amide bonds. The number of nitrogens with zero attached hydrogens (tertiary/aromatic N) is 2. The zero-order valence-electron chi connectivity index (χ0n) is 15.5. The van der Waals surface area contributed by atoms with Gasteiger partial charge in [-0.1, -0.05) is 6.07 Å². The van der Waals surface area contributed by atoms with E-state index in [-0.39, 0.29) is 17.1 Å². The number of nitrogens with two attached hydrogens (primary N) is 1. The van der Waals surface area contributed by atoms with Crippen LogP contribution in [0.3, 0.4) is 0 Å². The minimum atomic E-state index is -3.78. The number of amides is 3. The number of hydrogen-bond acceptors (Lipinski definition) is 6. The molecule has 1 aliphatic heterocycles. The van der Waals surface area contributed by atoms with Crippen molar-refractivity contribution in [3.05, 3.63) is 77.9 Å². The van der Waals surface area contributed by atoms with Gasteiger partial charge in [-0.15, -0.1) is 0 Å². The van der Waals surface area contributed by atoms with Crippen molar-refractivity contribution in [3.63, 3.8) is 0 Å². The first-order valence-corrected chi connectivity index (χ1v) is 10.3. The van der Waals surface area contributed by atoms with Crippen LogP contribution in [0.2, 0.25) is 0 Å². The minimum Gasteiger partial charge on any atom is -0.457 e. The fourth-order valence-corrected chi connectivity index (χ4v) is 3.42. The fraction of sp³-hybridized carbons (Fsp3) is 0.0500. The van der Waals surface area contributed by atoms with Gasteiger partial charge in [-0.2, -0.15) is 0 Å². The zero-order chi connectivity index (χ0) is 21.3. The van der Waals surface area contributed by atoms with Crippen molar-refractivity contribution in [3.8, 4) is 11.3 Å². The highest BCUT2D eigenvalue weighted by atomic mass is 32.2. The van der Waals surface area contributed by atoms with Crippen molar-refractivity contribution in [2.24, 2.45) is 5.14 Å². The molecule has 1 saturated heterocycles. The molecule has 0 atom stereocenters. The van der Waals surface area contributed by atoms with Gasteiger partial charge in [0.15, 0.2) is 0 Å². The lowest BCUT2D eigenvalue weighted by molar-refractivity contribution is -0.123. The topological polar surface area (TPSA) is 136 Å². The Labute approximate surface area is 171 Å². The van der Waals surface area contributed by atoms with Crippen LogP contribution in [0.4, 0.5) is 4.79 Å². The average Bonchev–Trinajstić information content (AvgIpc) is 3.29. The Kier molecular flexibility index (Phi) is 4.94. The van der Waals surface area contributed by atoms with Gasteiger partial charge in [0, 0.05) is 17.8 Å². The molecule has 1 fully saturated rings. The van der Waals surface area contributed by atoms with Crippen molar-refractivity contribution >= 4 is 28.0 Å². The standard InChI is InChI=1S/C20H16N4O5S/c21-30(27,28)16-7-4-13(5-8-16)18-9-6-15(29-18)11-17-19(25)24(20(26)23-17)12-14-3-1-2-10-22-14/h1-11H,12H2,(H,23,26)(H2,21,27,28). The lowest BCUT2D eigenvalue weighted by atomic mass is 10.2. The number of hydrogen-bond donors (Lipinski definition) is 2. The SMILES string of the molecule is NS(=O)(=O)c1ccc(-c2ccc(C=C3NC(=O)N(Cc4ccccn4)C3=O)o2)cc1. The molecule has 0 bridgehead atoms.